The Morgan fingerprint density at radius 2 is 1.07 bits per heavy atom. The van der Waals surface area contributed by atoms with Gasteiger partial charge in [-0.2, -0.15) is 0 Å². The van der Waals surface area contributed by atoms with E-state index in [1.54, 1.807) is 0 Å². The van der Waals surface area contributed by atoms with Crippen LogP contribution in [-0.2, 0) is 19.1 Å². The Labute approximate surface area is 342 Å². The van der Waals surface area contributed by atoms with E-state index in [9.17, 15) is 14.7 Å². The molecule has 1 fully saturated rings. The van der Waals surface area contributed by atoms with E-state index in [4.69, 9.17) is 9.47 Å². The van der Waals surface area contributed by atoms with Gasteiger partial charge in [-0.3, -0.25) is 9.59 Å². The van der Waals surface area contributed by atoms with Crippen molar-refractivity contribution in [3.05, 3.63) is 0 Å². The Bertz CT molecular complexity index is 871. The van der Waals surface area contributed by atoms with Crippen molar-refractivity contribution in [2.45, 2.75) is 259 Å². The van der Waals surface area contributed by atoms with Crippen LogP contribution in [0.3, 0.4) is 0 Å². The van der Waals surface area contributed by atoms with Crippen LogP contribution in [0.2, 0.25) is 0 Å². The number of nitrogens with zero attached hydrogens (tertiary/aromatic N) is 1. The highest BCUT2D eigenvalue weighted by molar-refractivity contribution is 5.75. The molecule has 1 rings (SSSR count). The summed E-state index contributed by atoms with van der Waals surface area (Å²) >= 11 is 0. The van der Waals surface area contributed by atoms with Gasteiger partial charge in [-0.05, 0) is 122 Å². The summed E-state index contributed by atoms with van der Waals surface area (Å²) in [5, 5.41) is 9.52. The highest BCUT2D eigenvalue weighted by Gasteiger charge is 2.41. The zero-order chi connectivity index (χ0) is 40.3. The van der Waals surface area contributed by atoms with Gasteiger partial charge in [0.15, 0.2) is 0 Å². The molecular weight excluding hydrogens is 683 g/mol. The molecule has 0 saturated heterocycles. The molecule has 1 saturated carbocycles. The molecule has 0 bridgehead atoms. The molecule has 6 nitrogen and oxygen atoms in total. The molecular formula is C49H95NO5. The van der Waals surface area contributed by atoms with E-state index in [0.717, 1.165) is 83.8 Å². The van der Waals surface area contributed by atoms with Gasteiger partial charge in [0.2, 0.25) is 0 Å². The fourth-order valence-electron chi connectivity index (χ4n) is 8.31. The van der Waals surface area contributed by atoms with Crippen molar-refractivity contribution in [2.24, 2.45) is 10.8 Å². The quantitative estimate of drug-likeness (QED) is 0.0491. The van der Waals surface area contributed by atoms with Gasteiger partial charge < -0.3 is 19.5 Å². The van der Waals surface area contributed by atoms with Crippen molar-refractivity contribution >= 4 is 11.9 Å². The number of hydrogen-bond acceptors (Lipinski definition) is 6. The van der Waals surface area contributed by atoms with Gasteiger partial charge in [0, 0.05) is 19.6 Å². The van der Waals surface area contributed by atoms with Crippen molar-refractivity contribution in [3.8, 4) is 0 Å². The van der Waals surface area contributed by atoms with Crippen LogP contribution in [0.15, 0.2) is 0 Å². The normalized spacial score (nSPS) is 13.9. The Balaban J connectivity index is 2.30. The average Bonchev–Trinajstić information content (AvgIpc) is 3.94. The summed E-state index contributed by atoms with van der Waals surface area (Å²) in [5.74, 6) is 0.00326. The maximum atomic E-state index is 13.0. The maximum absolute atomic E-state index is 13.0. The minimum Gasteiger partial charge on any atom is -0.465 e. The van der Waals surface area contributed by atoms with E-state index in [1.165, 1.54) is 148 Å². The predicted molar refractivity (Wildman–Crippen MR) is 235 cm³/mol. The predicted octanol–water partition coefficient (Wildman–Crippen LogP) is 14.1. The smallest absolute Gasteiger partial charge is 0.311 e. The number of carbonyl (C=O) groups excluding carboxylic acids is 2. The summed E-state index contributed by atoms with van der Waals surface area (Å²) in [6, 6.07) is 0. The van der Waals surface area contributed by atoms with E-state index >= 15 is 0 Å². The Morgan fingerprint density at radius 3 is 1.64 bits per heavy atom. The molecule has 0 aromatic rings. The number of aliphatic hydroxyl groups is 1. The lowest BCUT2D eigenvalue weighted by molar-refractivity contribution is -0.154. The maximum Gasteiger partial charge on any atom is 0.311 e. The van der Waals surface area contributed by atoms with E-state index in [2.05, 4.69) is 25.7 Å². The minimum atomic E-state index is -0.406. The topological polar surface area (TPSA) is 76.1 Å². The zero-order valence-electron chi connectivity index (χ0n) is 37.7. The van der Waals surface area contributed by atoms with Crippen LogP contribution in [-0.4, -0.2) is 60.9 Å². The van der Waals surface area contributed by atoms with Gasteiger partial charge in [0.1, 0.15) is 6.10 Å². The van der Waals surface area contributed by atoms with Crippen molar-refractivity contribution < 1.29 is 24.2 Å². The van der Waals surface area contributed by atoms with Crippen LogP contribution >= 0.6 is 0 Å². The first-order chi connectivity index (χ1) is 26.7. The summed E-state index contributed by atoms with van der Waals surface area (Å²) in [5.41, 5.74) is 0.0395. The summed E-state index contributed by atoms with van der Waals surface area (Å²) in [7, 11) is 0. The van der Waals surface area contributed by atoms with Gasteiger partial charge in [-0.25, -0.2) is 0 Å². The third-order valence-electron chi connectivity index (χ3n) is 12.5. The molecule has 0 aromatic carbocycles. The van der Waals surface area contributed by atoms with Gasteiger partial charge in [0.25, 0.3) is 0 Å². The summed E-state index contributed by atoms with van der Waals surface area (Å²) in [6.45, 7) is 14.8. The van der Waals surface area contributed by atoms with Crippen LogP contribution in [0.1, 0.15) is 253 Å². The third kappa shape index (κ3) is 29.7. The van der Waals surface area contributed by atoms with Crippen molar-refractivity contribution in [1.82, 2.24) is 4.90 Å². The van der Waals surface area contributed by atoms with Crippen LogP contribution in [0.4, 0.5) is 0 Å². The lowest BCUT2D eigenvalue weighted by Gasteiger charge is -2.24. The highest BCUT2D eigenvalue weighted by atomic mass is 16.5. The molecule has 1 aliphatic rings. The van der Waals surface area contributed by atoms with Crippen LogP contribution in [0.25, 0.3) is 0 Å². The molecule has 0 atom stereocenters. The van der Waals surface area contributed by atoms with Crippen LogP contribution < -0.4 is 0 Å². The fraction of sp³-hybridized carbons (Fsp3) is 0.959. The van der Waals surface area contributed by atoms with Crippen molar-refractivity contribution in [3.63, 3.8) is 0 Å². The minimum absolute atomic E-state index is 0.0340. The van der Waals surface area contributed by atoms with Crippen molar-refractivity contribution in [1.29, 1.82) is 0 Å². The number of hydrogen-bond donors (Lipinski definition) is 1. The molecule has 55 heavy (non-hydrogen) atoms. The first kappa shape index (κ1) is 51.9. The average molecular weight is 778 g/mol. The molecule has 0 heterocycles. The van der Waals surface area contributed by atoms with E-state index in [0.29, 0.717) is 18.4 Å². The molecule has 0 unspecified atom stereocenters. The third-order valence-corrected chi connectivity index (χ3v) is 12.5. The van der Waals surface area contributed by atoms with Crippen LogP contribution in [0.5, 0.6) is 0 Å². The molecule has 0 spiro atoms. The monoisotopic (exact) mass is 778 g/mol. The number of ether oxygens (including phenoxy) is 2. The Kier molecular flexibility index (Phi) is 32.9. The molecule has 326 valence electrons. The summed E-state index contributed by atoms with van der Waals surface area (Å²) < 4.78 is 11.8. The van der Waals surface area contributed by atoms with E-state index in [1.807, 2.05) is 13.8 Å². The van der Waals surface area contributed by atoms with Crippen molar-refractivity contribution in [2.75, 3.05) is 32.8 Å². The SMILES string of the molecule is CCCCCCCCCOC(=O)C(C)(C)CCCCCCN(CCCO)CCCC1(CCCC(=O)OC(CCCCCCCC)CCCCCCCC)CC1. The second kappa shape index (κ2) is 34.9. The first-order valence-corrected chi connectivity index (χ1v) is 24.4. The molecule has 1 N–H and O–H groups in total. The zero-order valence-corrected chi connectivity index (χ0v) is 37.7. The Hall–Kier alpha value is -1.14. The number of rotatable bonds is 42. The highest BCUT2D eigenvalue weighted by Crippen LogP contribution is 2.53. The van der Waals surface area contributed by atoms with Gasteiger partial charge >= 0.3 is 11.9 Å². The van der Waals surface area contributed by atoms with E-state index in [-0.39, 0.29) is 24.6 Å². The van der Waals surface area contributed by atoms with Crippen LogP contribution in [0, 0.1) is 10.8 Å². The summed E-state index contributed by atoms with van der Waals surface area (Å²) in [6.07, 6.45) is 40.3. The molecule has 0 aliphatic heterocycles. The molecule has 0 amide bonds. The molecule has 6 heteroatoms. The number of esters is 2. The molecule has 0 aromatic heterocycles. The van der Waals surface area contributed by atoms with Gasteiger partial charge in [-0.1, -0.05) is 143 Å². The number of aliphatic hydroxyl groups excluding tert-OH is 1. The largest absolute Gasteiger partial charge is 0.465 e. The second-order valence-corrected chi connectivity index (χ2v) is 18.4. The second-order valence-electron chi connectivity index (χ2n) is 18.4. The Morgan fingerprint density at radius 1 is 0.600 bits per heavy atom. The van der Waals surface area contributed by atoms with Gasteiger partial charge in [-0.15, -0.1) is 0 Å². The number of unbranched alkanes of at least 4 members (excludes halogenated alkanes) is 19. The molecule has 0 radical (unpaired) electrons. The number of carbonyl (C=O) groups is 2. The fourth-order valence-corrected chi connectivity index (χ4v) is 8.31. The van der Waals surface area contributed by atoms with Gasteiger partial charge in [0.05, 0.1) is 12.0 Å². The lowest BCUT2D eigenvalue weighted by Crippen LogP contribution is -2.28. The lowest BCUT2D eigenvalue weighted by atomic mass is 9.87. The summed E-state index contributed by atoms with van der Waals surface area (Å²) in [4.78, 5) is 28.2. The van der Waals surface area contributed by atoms with E-state index < -0.39 is 5.41 Å². The molecule has 1 aliphatic carbocycles. The standard InChI is InChI=1S/C49H95NO5/c1-6-9-12-15-18-23-28-44-54-47(53)48(4,5)35-26-21-22-27-40-50(42-31-43-51)41-30-37-49(38-39-49)36-29-34-46(52)55-45(32-24-19-16-13-10-7-2)33-25-20-17-14-11-8-3/h45,51H,6-44H2,1-5H3. The first-order valence-electron chi connectivity index (χ1n) is 24.4.